The highest BCUT2D eigenvalue weighted by atomic mass is 16.5. The van der Waals surface area contributed by atoms with Gasteiger partial charge in [0.15, 0.2) is 0 Å². The van der Waals surface area contributed by atoms with Gasteiger partial charge in [-0.1, -0.05) is 42.5 Å². The SMILES string of the molecule is N=C(/C(C(N)=O)=C1/NCC[C@@H](C2CCC(N3CCN(Cc4ccc(C5CCN(C(=O)c6ccc7c(c6)C(=O)N(C6CCC(=O)NC6=O)C7=O)CC5)cc4)CC3)CC2)N1)c1ccc(Oc2ccccc2)cc1. The summed E-state index contributed by atoms with van der Waals surface area (Å²) >= 11 is 0. The summed E-state index contributed by atoms with van der Waals surface area (Å²) in [4.78, 5) is 85.0. The van der Waals surface area contributed by atoms with E-state index in [1.807, 2.05) is 30.3 Å². The Bertz CT molecular complexity index is 2740. The summed E-state index contributed by atoms with van der Waals surface area (Å²) in [5.74, 6) is -0.433. The van der Waals surface area contributed by atoms with Crippen LogP contribution >= 0.6 is 0 Å². The average molecular weight is 960 g/mol. The molecule has 4 aromatic carbocycles. The smallest absolute Gasteiger partial charge is 0.262 e. The molecule has 0 spiro atoms. The number of primary amides is 1. The van der Waals surface area contributed by atoms with Gasteiger partial charge in [-0.2, -0.15) is 0 Å². The van der Waals surface area contributed by atoms with Crippen LogP contribution in [-0.4, -0.2) is 125 Å². The van der Waals surface area contributed by atoms with E-state index in [2.05, 4.69) is 50.0 Å². The molecule has 368 valence electrons. The second kappa shape index (κ2) is 20.7. The standard InChI is InChI=1S/C55H61N9O7/c56-49(38-12-17-42(18-13-38)71-41-4-2-1-3-5-41)48(50(57)66)51-58-25-22-45(59-51)37-10-15-40(16-11-37)62-30-28-61(29-31-62)33-34-6-8-35(9-7-34)36-23-26-63(27-24-36)53(68)39-14-19-43-44(32-39)55(70)64(54(43)69)46-20-21-47(65)60-52(46)67/h1-9,12-14,17-19,32,36-37,40,45-46,56,58-59H,10-11,15-16,20-31,33H2,(H2,57,66)(H,60,65,67)/b51-48+,56-49?/t37?,40?,45-,46?/m0/s1. The maximum Gasteiger partial charge on any atom is 0.262 e. The minimum absolute atomic E-state index is 0.0418. The number of hydrogen-bond donors (Lipinski definition) is 5. The van der Waals surface area contributed by atoms with Crippen molar-refractivity contribution in [3.63, 3.8) is 0 Å². The number of piperidine rings is 2. The third-order valence-electron chi connectivity index (χ3n) is 15.5. The molecule has 6 amide bonds. The zero-order valence-electron chi connectivity index (χ0n) is 39.9. The van der Waals surface area contributed by atoms with Crippen LogP contribution in [0.2, 0.25) is 0 Å². The summed E-state index contributed by atoms with van der Waals surface area (Å²) in [6, 6.07) is 29.9. The third kappa shape index (κ3) is 10.2. The Labute approximate surface area is 413 Å². The molecule has 6 N–H and O–H groups in total. The van der Waals surface area contributed by atoms with Crippen molar-refractivity contribution < 1.29 is 33.5 Å². The molecule has 5 heterocycles. The monoisotopic (exact) mass is 959 g/mol. The molecule has 1 unspecified atom stereocenters. The molecule has 0 bridgehead atoms. The molecule has 16 heteroatoms. The predicted octanol–water partition coefficient (Wildman–Crippen LogP) is 5.29. The van der Waals surface area contributed by atoms with Crippen LogP contribution in [0.3, 0.4) is 0 Å². The number of para-hydroxylation sites is 1. The van der Waals surface area contributed by atoms with E-state index in [-0.39, 0.29) is 47.2 Å². The van der Waals surface area contributed by atoms with Crippen molar-refractivity contribution in [1.82, 2.24) is 35.6 Å². The van der Waals surface area contributed by atoms with E-state index >= 15 is 0 Å². The van der Waals surface area contributed by atoms with Crippen LogP contribution in [0, 0.1) is 11.3 Å². The van der Waals surface area contributed by atoms with Crippen LogP contribution in [0.1, 0.15) is 111 Å². The largest absolute Gasteiger partial charge is 0.457 e. The molecular weight excluding hydrogens is 899 g/mol. The van der Waals surface area contributed by atoms with Crippen molar-refractivity contribution in [2.45, 2.75) is 88.4 Å². The van der Waals surface area contributed by atoms with E-state index in [1.165, 1.54) is 23.3 Å². The number of nitrogens with zero attached hydrogens (tertiary/aromatic N) is 4. The molecule has 4 aromatic rings. The summed E-state index contributed by atoms with van der Waals surface area (Å²) in [6.07, 6.45) is 7.19. The highest BCUT2D eigenvalue weighted by Gasteiger charge is 2.45. The van der Waals surface area contributed by atoms with Crippen LogP contribution in [0.25, 0.3) is 0 Å². The zero-order valence-corrected chi connectivity index (χ0v) is 39.9. The van der Waals surface area contributed by atoms with Gasteiger partial charge in [0, 0.05) is 82.0 Å². The molecule has 71 heavy (non-hydrogen) atoms. The number of nitrogens with one attached hydrogen (secondary N) is 4. The van der Waals surface area contributed by atoms with E-state index in [0.29, 0.717) is 60.2 Å². The Balaban J connectivity index is 0.657. The zero-order chi connectivity index (χ0) is 49.2. The lowest BCUT2D eigenvalue weighted by atomic mass is 9.79. The highest BCUT2D eigenvalue weighted by Crippen LogP contribution is 2.35. The summed E-state index contributed by atoms with van der Waals surface area (Å²) in [7, 11) is 0. The van der Waals surface area contributed by atoms with Gasteiger partial charge in [0.2, 0.25) is 11.8 Å². The Kier molecular flexibility index (Phi) is 13.8. The van der Waals surface area contributed by atoms with Crippen molar-refractivity contribution in [2.75, 3.05) is 45.8 Å². The highest BCUT2D eigenvalue weighted by molar-refractivity contribution is 6.27. The predicted molar refractivity (Wildman–Crippen MR) is 266 cm³/mol. The number of carbonyl (C=O) groups is 6. The second-order valence-corrected chi connectivity index (χ2v) is 19.8. The molecule has 0 aromatic heterocycles. The van der Waals surface area contributed by atoms with Crippen molar-refractivity contribution >= 4 is 41.2 Å². The van der Waals surface area contributed by atoms with Gasteiger partial charge in [-0.05, 0) is 129 Å². The van der Waals surface area contributed by atoms with Crippen LogP contribution < -0.4 is 26.4 Å². The topological polar surface area (TPSA) is 211 Å². The lowest BCUT2D eigenvalue weighted by Crippen LogP contribution is -2.54. The minimum Gasteiger partial charge on any atom is -0.457 e. The summed E-state index contributed by atoms with van der Waals surface area (Å²) in [5.41, 5.74) is 9.90. The van der Waals surface area contributed by atoms with Gasteiger partial charge in [-0.15, -0.1) is 0 Å². The Morgan fingerprint density at radius 3 is 2.07 bits per heavy atom. The minimum atomic E-state index is -1.06. The first-order valence-electron chi connectivity index (χ1n) is 25.1. The number of benzene rings is 4. The molecule has 6 aliphatic rings. The lowest BCUT2D eigenvalue weighted by molar-refractivity contribution is -0.136. The van der Waals surface area contributed by atoms with Gasteiger partial charge in [-0.25, -0.2) is 0 Å². The first kappa shape index (κ1) is 47.5. The number of imide groups is 2. The quantitative estimate of drug-likeness (QED) is 0.0700. The number of ether oxygens (including phenoxy) is 1. The van der Waals surface area contributed by atoms with Gasteiger partial charge >= 0.3 is 0 Å². The number of amides is 6. The molecule has 4 saturated heterocycles. The number of likely N-dealkylation sites (tertiary alicyclic amines) is 1. The van der Waals surface area contributed by atoms with E-state index in [1.54, 1.807) is 35.2 Å². The number of nitrogens with two attached hydrogens (primary N) is 1. The van der Waals surface area contributed by atoms with E-state index in [9.17, 15) is 28.8 Å². The molecule has 1 saturated carbocycles. The molecule has 5 fully saturated rings. The van der Waals surface area contributed by atoms with Gasteiger partial charge in [-0.3, -0.25) is 54.2 Å². The molecule has 10 rings (SSSR count). The second-order valence-electron chi connectivity index (χ2n) is 19.8. The molecule has 5 aliphatic heterocycles. The number of rotatable bonds is 12. The molecule has 1 aliphatic carbocycles. The van der Waals surface area contributed by atoms with E-state index in [4.69, 9.17) is 15.9 Å². The van der Waals surface area contributed by atoms with Gasteiger partial charge in [0.25, 0.3) is 23.6 Å². The van der Waals surface area contributed by atoms with Crippen LogP contribution in [-0.2, 0) is 20.9 Å². The Morgan fingerprint density at radius 2 is 1.38 bits per heavy atom. The van der Waals surface area contributed by atoms with Gasteiger partial charge < -0.3 is 26.0 Å². The molecule has 2 atom stereocenters. The van der Waals surface area contributed by atoms with Crippen molar-refractivity contribution in [1.29, 1.82) is 5.41 Å². The maximum absolute atomic E-state index is 13.6. The first-order chi connectivity index (χ1) is 34.5. The van der Waals surface area contributed by atoms with Crippen LogP contribution in [0.5, 0.6) is 11.5 Å². The first-order valence-corrected chi connectivity index (χ1v) is 25.1. The third-order valence-corrected chi connectivity index (χ3v) is 15.5. The van der Waals surface area contributed by atoms with Gasteiger partial charge in [0.05, 0.1) is 16.8 Å². The normalized spacial score (nSPS) is 24.1. The average Bonchev–Trinajstić information content (AvgIpc) is 3.64. The number of piperazine rings is 1. The summed E-state index contributed by atoms with van der Waals surface area (Å²) in [5, 5.41) is 18.1. The molecule has 16 nitrogen and oxygen atoms in total. The number of carbonyl (C=O) groups excluding carboxylic acids is 6. The fourth-order valence-electron chi connectivity index (χ4n) is 11.5. The Morgan fingerprint density at radius 1 is 0.704 bits per heavy atom. The van der Waals surface area contributed by atoms with Crippen molar-refractivity contribution in [3.8, 4) is 11.5 Å². The van der Waals surface area contributed by atoms with Gasteiger partial charge in [0.1, 0.15) is 28.9 Å². The fraction of sp³-hybridized carbons (Fsp3) is 0.400. The van der Waals surface area contributed by atoms with Crippen LogP contribution in [0.15, 0.2) is 108 Å². The lowest BCUT2D eigenvalue weighted by Gasteiger charge is -2.44. The van der Waals surface area contributed by atoms with E-state index < -0.39 is 35.6 Å². The Hall–Kier alpha value is -7.17. The molecular formula is C55H61N9O7. The van der Waals surface area contributed by atoms with E-state index in [0.717, 1.165) is 88.3 Å². The van der Waals surface area contributed by atoms with Crippen molar-refractivity contribution in [2.24, 2.45) is 11.7 Å². The molecule has 0 radical (unpaired) electrons. The summed E-state index contributed by atoms with van der Waals surface area (Å²) in [6.45, 7) is 6.91. The maximum atomic E-state index is 13.6. The fourth-order valence-corrected chi connectivity index (χ4v) is 11.5. The van der Waals surface area contributed by atoms with Crippen LogP contribution in [0.4, 0.5) is 0 Å². The number of fused-ring (bicyclic) bond motifs is 1. The number of hydrogen-bond acceptors (Lipinski definition) is 12. The summed E-state index contributed by atoms with van der Waals surface area (Å²) < 4.78 is 5.92. The van der Waals surface area contributed by atoms with Crippen molar-refractivity contribution in [3.05, 3.63) is 142 Å².